The van der Waals surface area contributed by atoms with Gasteiger partial charge in [-0.25, -0.2) is 4.79 Å². The summed E-state index contributed by atoms with van der Waals surface area (Å²) >= 11 is 0. The van der Waals surface area contributed by atoms with Crippen molar-refractivity contribution in [2.24, 2.45) is 0 Å². The first-order chi connectivity index (χ1) is 11.6. The fourth-order valence-corrected chi connectivity index (χ4v) is 2.76. The number of nitrogens with zero attached hydrogens (tertiary/aromatic N) is 5. The average molecular weight is 331 g/mol. The van der Waals surface area contributed by atoms with Crippen LogP contribution in [0.15, 0.2) is 24.3 Å². The lowest BCUT2D eigenvalue weighted by Gasteiger charge is -2.34. The van der Waals surface area contributed by atoms with E-state index in [1.807, 2.05) is 4.90 Å². The highest BCUT2D eigenvalue weighted by Gasteiger charge is 2.26. The first-order valence-electron chi connectivity index (χ1n) is 7.94. The summed E-state index contributed by atoms with van der Waals surface area (Å²) in [6.07, 6.45) is 0. The maximum Gasteiger partial charge on any atom is 0.360 e. The zero-order chi connectivity index (χ0) is 17.1. The van der Waals surface area contributed by atoms with E-state index in [1.54, 1.807) is 31.4 Å². The molecular formula is C16H21N5O3. The second-order valence-corrected chi connectivity index (χ2v) is 5.59. The van der Waals surface area contributed by atoms with Crippen LogP contribution in [-0.2, 0) is 0 Å². The Morgan fingerprint density at radius 2 is 1.83 bits per heavy atom. The molecule has 128 valence electrons. The molecule has 0 amide bonds. The van der Waals surface area contributed by atoms with Gasteiger partial charge in [-0.2, -0.15) is 0 Å². The maximum absolute atomic E-state index is 11.6. The van der Waals surface area contributed by atoms with E-state index in [9.17, 15) is 9.90 Å². The molecule has 8 nitrogen and oxygen atoms in total. The Labute approximate surface area is 140 Å². The fraction of sp³-hybridized carbons (Fsp3) is 0.438. The summed E-state index contributed by atoms with van der Waals surface area (Å²) in [5.74, 6) is 0.0806. The van der Waals surface area contributed by atoms with Gasteiger partial charge in [0, 0.05) is 26.2 Å². The Morgan fingerprint density at radius 3 is 2.38 bits per heavy atom. The van der Waals surface area contributed by atoms with Gasteiger partial charge in [0.05, 0.1) is 12.8 Å². The van der Waals surface area contributed by atoms with Crippen molar-refractivity contribution in [2.45, 2.75) is 6.92 Å². The number of aromatic carboxylic acids is 1. The number of aromatic nitrogens is 3. The van der Waals surface area contributed by atoms with E-state index in [2.05, 4.69) is 22.0 Å². The number of piperazine rings is 1. The zero-order valence-corrected chi connectivity index (χ0v) is 13.8. The molecule has 1 aliphatic heterocycles. The Morgan fingerprint density at radius 1 is 1.17 bits per heavy atom. The lowest BCUT2D eigenvalue weighted by Crippen LogP contribution is -2.46. The largest absolute Gasteiger partial charge is 0.497 e. The highest BCUT2D eigenvalue weighted by molar-refractivity contribution is 5.91. The first kappa shape index (κ1) is 16.3. The molecule has 2 heterocycles. The number of carboxylic acid groups (broad SMARTS) is 1. The second kappa shape index (κ2) is 6.88. The number of likely N-dealkylation sites (N-methyl/N-ethyl adjacent to an activating group) is 1. The van der Waals surface area contributed by atoms with E-state index >= 15 is 0 Å². The van der Waals surface area contributed by atoms with Crippen molar-refractivity contribution in [1.82, 2.24) is 19.9 Å². The number of hydrogen-bond acceptors (Lipinski definition) is 6. The quantitative estimate of drug-likeness (QED) is 0.879. The molecule has 24 heavy (non-hydrogen) atoms. The Kier molecular flexibility index (Phi) is 4.66. The predicted octanol–water partition coefficient (Wildman–Crippen LogP) is 1.12. The third-order valence-electron chi connectivity index (χ3n) is 4.22. The lowest BCUT2D eigenvalue weighted by atomic mass is 10.3. The topological polar surface area (TPSA) is 83.7 Å². The standard InChI is InChI=1S/C16H21N5O3/c1-3-19-8-10-20(11-9-19)15-14(16(22)23)17-21(18-15)12-4-6-13(24-2)7-5-12/h4-7H,3,8-11H2,1-2H3,(H,22,23). The Balaban J connectivity index is 1.89. The third kappa shape index (κ3) is 3.18. The van der Waals surface area contributed by atoms with Crippen molar-refractivity contribution in [3.8, 4) is 11.4 Å². The minimum absolute atomic E-state index is 0.0178. The van der Waals surface area contributed by atoms with Crippen LogP contribution in [0.1, 0.15) is 17.4 Å². The number of carbonyl (C=O) groups is 1. The number of methoxy groups -OCH3 is 1. The minimum Gasteiger partial charge on any atom is -0.497 e. The van der Waals surface area contributed by atoms with Crippen molar-refractivity contribution in [3.05, 3.63) is 30.0 Å². The summed E-state index contributed by atoms with van der Waals surface area (Å²) in [7, 11) is 1.59. The molecule has 3 rings (SSSR count). The van der Waals surface area contributed by atoms with Crippen LogP contribution in [0, 0.1) is 0 Å². The number of hydrogen-bond donors (Lipinski definition) is 1. The fourth-order valence-electron chi connectivity index (χ4n) is 2.76. The van der Waals surface area contributed by atoms with Gasteiger partial charge >= 0.3 is 5.97 Å². The van der Waals surface area contributed by atoms with Crippen molar-refractivity contribution >= 4 is 11.8 Å². The van der Waals surface area contributed by atoms with E-state index in [0.29, 0.717) is 11.5 Å². The van der Waals surface area contributed by atoms with Gasteiger partial charge in [0.25, 0.3) is 0 Å². The van der Waals surface area contributed by atoms with Gasteiger partial charge in [-0.3, -0.25) is 0 Å². The Hall–Kier alpha value is -2.61. The molecule has 1 aliphatic rings. The minimum atomic E-state index is -1.07. The summed E-state index contributed by atoms with van der Waals surface area (Å²) in [6, 6.07) is 7.17. The number of carboxylic acids is 1. The zero-order valence-electron chi connectivity index (χ0n) is 13.8. The molecule has 8 heteroatoms. The predicted molar refractivity (Wildman–Crippen MR) is 89.2 cm³/mol. The molecule has 2 aromatic rings. The monoisotopic (exact) mass is 331 g/mol. The van der Waals surface area contributed by atoms with Gasteiger partial charge < -0.3 is 19.6 Å². The van der Waals surface area contributed by atoms with E-state index < -0.39 is 5.97 Å². The van der Waals surface area contributed by atoms with Crippen LogP contribution >= 0.6 is 0 Å². The van der Waals surface area contributed by atoms with Gasteiger partial charge in [-0.15, -0.1) is 15.0 Å². The molecule has 1 N–H and O–H groups in total. The molecule has 0 atom stereocenters. The summed E-state index contributed by atoms with van der Waals surface area (Å²) in [5, 5.41) is 18.0. The van der Waals surface area contributed by atoms with Crippen LogP contribution in [0.25, 0.3) is 5.69 Å². The normalized spacial score (nSPS) is 15.5. The van der Waals surface area contributed by atoms with Crippen LogP contribution < -0.4 is 9.64 Å². The van der Waals surface area contributed by atoms with E-state index in [0.717, 1.165) is 38.5 Å². The average Bonchev–Trinajstić information content (AvgIpc) is 3.07. The first-order valence-corrected chi connectivity index (χ1v) is 7.94. The maximum atomic E-state index is 11.6. The highest BCUT2D eigenvalue weighted by Crippen LogP contribution is 2.21. The van der Waals surface area contributed by atoms with Crippen molar-refractivity contribution in [3.63, 3.8) is 0 Å². The number of anilines is 1. The lowest BCUT2D eigenvalue weighted by molar-refractivity contribution is 0.0690. The molecule has 0 saturated carbocycles. The molecule has 0 unspecified atom stereocenters. The van der Waals surface area contributed by atoms with Gasteiger partial charge in [0.1, 0.15) is 5.75 Å². The van der Waals surface area contributed by atoms with Crippen molar-refractivity contribution in [2.75, 3.05) is 44.7 Å². The van der Waals surface area contributed by atoms with Gasteiger partial charge in [-0.1, -0.05) is 6.92 Å². The van der Waals surface area contributed by atoms with Gasteiger partial charge in [-0.05, 0) is 30.8 Å². The van der Waals surface area contributed by atoms with E-state index in [-0.39, 0.29) is 5.69 Å². The smallest absolute Gasteiger partial charge is 0.360 e. The number of benzene rings is 1. The SMILES string of the molecule is CCN1CCN(c2nn(-c3ccc(OC)cc3)nc2C(=O)O)CC1. The Bertz CT molecular complexity index is 705. The summed E-state index contributed by atoms with van der Waals surface area (Å²) in [6.45, 7) is 6.40. The van der Waals surface area contributed by atoms with Crippen LogP contribution in [0.2, 0.25) is 0 Å². The molecule has 0 aliphatic carbocycles. The molecule has 1 aromatic carbocycles. The highest BCUT2D eigenvalue weighted by atomic mass is 16.5. The van der Waals surface area contributed by atoms with Crippen molar-refractivity contribution < 1.29 is 14.6 Å². The number of ether oxygens (including phenoxy) is 1. The van der Waals surface area contributed by atoms with Crippen LogP contribution in [0.3, 0.4) is 0 Å². The number of rotatable bonds is 5. The van der Waals surface area contributed by atoms with Crippen LogP contribution in [-0.4, -0.2) is 70.8 Å². The third-order valence-corrected chi connectivity index (χ3v) is 4.22. The molecular weight excluding hydrogens is 310 g/mol. The molecule has 1 aromatic heterocycles. The van der Waals surface area contributed by atoms with Crippen LogP contribution in [0.5, 0.6) is 5.75 Å². The molecule has 0 spiro atoms. The summed E-state index contributed by atoms with van der Waals surface area (Å²) in [5.41, 5.74) is 0.674. The van der Waals surface area contributed by atoms with Crippen molar-refractivity contribution in [1.29, 1.82) is 0 Å². The molecule has 0 radical (unpaired) electrons. The molecule has 0 bridgehead atoms. The summed E-state index contributed by atoms with van der Waals surface area (Å²) < 4.78 is 5.13. The van der Waals surface area contributed by atoms with E-state index in [4.69, 9.17) is 4.74 Å². The molecule has 1 saturated heterocycles. The molecule has 1 fully saturated rings. The van der Waals surface area contributed by atoms with E-state index in [1.165, 1.54) is 4.80 Å². The summed E-state index contributed by atoms with van der Waals surface area (Å²) in [4.78, 5) is 17.2. The van der Waals surface area contributed by atoms with Gasteiger partial charge in [0.15, 0.2) is 5.82 Å². The second-order valence-electron chi connectivity index (χ2n) is 5.59. The van der Waals surface area contributed by atoms with Crippen LogP contribution in [0.4, 0.5) is 5.82 Å². The van der Waals surface area contributed by atoms with Gasteiger partial charge in [0.2, 0.25) is 5.69 Å².